The third kappa shape index (κ3) is 3.33. The number of nitrogens with zero attached hydrogens (tertiary/aromatic N) is 1. The van der Waals surface area contributed by atoms with Gasteiger partial charge in [-0.1, -0.05) is 12.1 Å². The topological polar surface area (TPSA) is 3.24 Å². The van der Waals surface area contributed by atoms with Crippen LogP contribution in [0.3, 0.4) is 0 Å². The lowest BCUT2D eigenvalue weighted by atomic mass is 9.84. The Morgan fingerprint density at radius 3 is 2.37 bits per heavy atom. The van der Waals surface area contributed by atoms with Crippen molar-refractivity contribution in [2.24, 2.45) is 5.92 Å². The van der Waals surface area contributed by atoms with Gasteiger partial charge in [0.15, 0.2) is 0 Å². The van der Waals surface area contributed by atoms with Gasteiger partial charge in [-0.25, -0.2) is 4.39 Å². The van der Waals surface area contributed by atoms with E-state index in [0.29, 0.717) is 0 Å². The third-order valence-corrected chi connectivity index (χ3v) is 4.05. The Labute approximate surface area is 114 Å². The zero-order valence-electron chi connectivity index (χ0n) is 12.0. The first-order chi connectivity index (χ1) is 8.91. The summed E-state index contributed by atoms with van der Waals surface area (Å²) in [7, 11) is 0. The van der Waals surface area contributed by atoms with E-state index in [1.165, 1.54) is 12.1 Å². The molecular weight excluding hydrogens is 244 g/mol. The molecule has 2 atom stereocenters. The summed E-state index contributed by atoms with van der Waals surface area (Å²) in [6, 6.07) is 6.85. The number of halogens is 2. The molecule has 0 saturated carbocycles. The Morgan fingerprint density at radius 1 is 1.21 bits per heavy atom. The van der Waals surface area contributed by atoms with Gasteiger partial charge in [-0.15, -0.1) is 0 Å². The molecule has 1 fully saturated rings. The molecule has 19 heavy (non-hydrogen) atoms. The average Bonchev–Trinajstić information content (AvgIpc) is 2.38. The van der Waals surface area contributed by atoms with Crippen LogP contribution in [0.2, 0.25) is 0 Å². The monoisotopic (exact) mass is 267 g/mol. The Balaban J connectivity index is 2.27. The predicted octanol–water partition coefficient (Wildman–Crippen LogP) is 4.35. The van der Waals surface area contributed by atoms with E-state index in [4.69, 9.17) is 0 Å². The number of hydrogen-bond acceptors (Lipinski definition) is 1. The van der Waals surface area contributed by atoms with Gasteiger partial charge in [-0.2, -0.15) is 0 Å². The molecule has 0 aliphatic carbocycles. The Kier molecular flexibility index (Phi) is 4.24. The standard InChI is InChI=1S/C16H23F2N/c1-16(2,3)19-9-8-12(11-17)10-15(19)13-4-6-14(18)7-5-13/h4-7,12,15H,8-11H2,1-3H3/t12-,15+/m0/s1. The van der Waals surface area contributed by atoms with E-state index in [1.54, 1.807) is 0 Å². The fraction of sp³-hybridized carbons (Fsp3) is 0.625. The first-order valence-corrected chi connectivity index (χ1v) is 7.00. The van der Waals surface area contributed by atoms with Gasteiger partial charge in [0.2, 0.25) is 0 Å². The van der Waals surface area contributed by atoms with Crippen LogP contribution in [-0.2, 0) is 0 Å². The number of rotatable bonds is 2. The van der Waals surface area contributed by atoms with E-state index in [-0.39, 0.29) is 30.0 Å². The van der Waals surface area contributed by atoms with Crippen molar-refractivity contribution in [3.63, 3.8) is 0 Å². The van der Waals surface area contributed by atoms with Crippen LogP contribution in [-0.4, -0.2) is 23.7 Å². The van der Waals surface area contributed by atoms with E-state index in [0.717, 1.165) is 24.9 Å². The molecule has 0 radical (unpaired) electrons. The molecule has 3 heteroatoms. The number of benzene rings is 1. The zero-order chi connectivity index (χ0) is 14.0. The van der Waals surface area contributed by atoms with Crippen LogP contribution in [0.15, 0.2) is 24.3 Å². The van der Waals surface area contributed by atoms with Crippen molar-refractivity contribution in [3.8, 4) is 0 Å². The molecule has 0 N–H and O–H groups in total. The predicted molar refractivity (Wildman–Crippen MR) is 74.3 cm³/mol. The lowest BCUT2D eigenvalue weighted by Crippen LogP contribution is -2.48. The molecule has 1 saturated heterocycles. The van der Waals surface area contributed by atoms with Gasteiger partial charge in [0, 0.05) is 11.6 Å². The lowest BCUT2D eigenvalue weighted by molar-refractivity contribution is 0.0237. The zero-order valence-corrected chi connectivity index (χ0v) is 12.0. The molecule has 1 aromatic rings. The van der Waals surface area contributed by atoms with E-state index < -0.39 is 0 Å². The Bertz CT molecular complexity index is 408. The minimum absolute atomic E-state index is 0.0420. The highest BCUT2D eigenvalue weighted by Crippen LogP contribution is 2.38. The summed E-state index contributed by atoms with van der Waals surface area (Å²) in [6.07, 6.45) is 1.73. The summed E-state index contributed by atoms with van der Waals surface area (Å²) in [5.74, 6) is -0.0856. The molecule has 1 aliphatic rings. The maximum Gasteiger partial charge on any atom is 0.123 e. The van der Waals surface area contributed by atoms with Crippen molar-refractivity contribution >= 4 is 0 Å². The molecule has 0 bridgehead atoms. The third-order valence-electron chi connectivity index (χ3n) is 4.05. The summed E-state index contributed by atoms with van der Waals surface area (Å²) in [5, 5.41) is 0. The van der Waals surface area contributed by atoms with Crippen LogP contribution in [0.25, 0.3) is 0 Å². The van der Waals surface area contributed by atoms with Crippen molar-refractivity contribution in [2.75, 3.05) is 13.2 Å². The van der Waals surface area contributed by atoms with Gasteiger partial charge in [0.25, 0.3) is 0 Å². The second-order valence-corrected chi connectivity index (χ2v) is 6.48. The summed E-state index contributed by atoms with van der Waals surface area (Å²) in [5.41, 5.74) is 1.13. The van der Waals surface area contributed by atoms with Gasteiger partial charge >= 0.3 is 0 Å². The molecule has 0 unspecified atom stereocenters. The van der Waals surface area contributed by atoms with Crippen molar-refractivity contribution in [2.45, 2.75) is 45.2 Å². The van der Waals surface area contributed by atoms with Gasteiger partial charge in [-0.05, 0) is 63.8 Å². The van der Waals surface area contributed by atoms with Gasteiger partial charge < -0.3 is 0 Å². The first-order valence-electron chi connectivity index (χ1n) is 7.00. The fourth-order valence-electron chi connectivity index (χ4n) is 2.98. The van der Waals surface area contributed by atoms with Crippen LogP contribution in [0.1, 0.15) is 45.2 Å². The molecule has 0 spiro atoms. The molecular formula is C16H23F2N. The van der Waals surface area contributed by atoms with Gasteiger partial charge in [0.05, 0.1) is 6.67 Å². The number of alkyl halides is 1. The van der Waals surface area contributed by atoms with Crippen LogP contribution in [0.4, 0.5) is 8.78 Å². The maximum absolute atomic E-state index is 13.1. The van der Waals surface area contributed by atoms with Crippen LogP contribution in [0.5, 0.6) is 0 Å². The molecule has 1 heterocycles. The van der Waals surface area contributed by atoms with Crippen LogP contribution < -0.4 is 0 Å². The highest BCUT2D eigenvalue weighted by Gasteiger charge is 2.35. The van der Waals surface area contributed by atoms with Crippen molar-refractivity contribution < 1.29 is 8.78 Å². The summed E-state index contributed by atoms with van der Waals surface area (Å²) < 4.78 is 26.0. The Morgan fingerprint density at radius 2 is 1.84 bits per heavy atom. The fourth-order valence-corrected chi connectivity index (χ4v) is 2.98. The molecule has 1 aromatic carbocycles. The normalized spacial score (nSPS) is 25.5. The second kappa shape index (κ2) is 5.58. The van der Waals surface area contributed by atoms with E-state index in [1.807, 2.05) is 12.1 Å². The van der Waals surface area contributed by atoms with Crippen LogP contribution >= 0.6 is 0 Å². The molecule has 0 amide bonds. The molecule has 1 aliphatic heterocycles. The van der Waals surface area contributed by atoms with E-state index in [9.17, 15) is 8.78 Å². The van der Waals surface area contributed by atoms with E-state index >= 15 is 0 Å². The van der Waals surface area contributed by atoms with Crippen molar-refractivity contribution in [1.29, 1.82) is 0 Å². The van der Waals surface area contributed by atoms with Crippen LogP contribution in [0, 0.1) is 11.7 Å². The number of hydrogen-bond donors (Lipinski definition) is 0. The summed E-state index contributed by atoms with van der Waals surface area (Å²) in [6.45, 7) is 7.19. The lowest BCUT2D eigenvalue weighted by Gasteiger charge is -2.46. The summed E-state index contributed by atoms with van der Waals surface area (Å²) >= 11 is 0. The SMILES string of the molecule is CC(C)(C)N1CC[C@H](CF)C[C@@H]1c1ccc(F)cc1. The smallest absolute Gasteiger partial charge is 0.123 e. The largest absolute Gasteiger partial charge is 0.291 e. The quantitative estimate of drug-likeness (QED) is 0.770. The first kappa shape index (κ1) is 14.4. The minimum Gasteiger partial charge on any atom is -0.291 e. The van der Waals surface area contributed by atoms with Gasteiger partial charge in [-0.3, -0.25) is 9.29 Å². The molecule has 106 valence electrons. The Hall–Kier alpha value is -0.960. The molecule has 2 rings (SSSR count). The maximum atomic E-state index is 13.1. The number of piperidine rings is 1. The molecule has 0 aromatic heterocycles. The average molecular weight is 267 g/mol. The summed E-state index contributed by atoms with van der Waals surface area (Å²) in [4.78, 5) is 2.41. The van der Waals surface area contributed by atoms with Crippen molar-refractivity contribution in [1.82, 2.24) is 4.90 Å². The highest BCUT2D eigenvalue weighted by molar-refractivity contribution is 5.21. The second-order valence-electron chi connectivity index (χ2n) is 6.48. The van der Waals surface area contributed by atoms with E-state index in [2.05, 4.69) is 25.7 Å². The molecule has 1 nitrogen and oxygen atoms in total. The van der Waals surface area contributed by atoms with Gasteiger partial charge in [0.1, 0.15) is 5.82 Å². The number of likely N-dealkylation sites (tertiary alicyclic amines) is 1. The highest BCUT2D eigenvalue weighted by atomic mass is 19.1. The minimum atomic E-state index is -0.254. The van der Waals surface area contributed by atoms with Crippen molar-refractivity contribution in [3.05, 3.63) is 35.6 Å².